The highest BCUT2D eigenvalue weighted by Crippen LogP contribution is 2.40. The van der Waals surface area contributed by atoms with Crippen LogP contribution in [-0.2, 0) is 35.2 Å². The van der Waals surface area contributed by atoms with Crippen molar-refractivity contribution in [3.8, 4) is 0 Å². The van der Waals surface area contributed by atoms with Gasteiger partial charge < -0.3 is 24.4 Å². The number of carbonyl (C=O) groups is 3. The number of rotatable bonds is 11. The Labute approximate surface area is 300 Å². The summed E-state index contributed by atoms with van der Waals surface area (Å²) in [4.78, 5) is 46.4. The van der Waals surface area contributed by atoms with Gasteiger partial charge in [0, 0.05) is 38.4 Å². The second kappa shape index (κ2) is 16.5. The van der Waals surface area contributed by atoms with Crippen molar-refractivity contribution < 1.29 is 50.2 Å². The predicted molar refractivity (Wildman–Crippen MR) is 179 cm³/mol. The number of imidazole rings is 1. The van der Waals surface area contributed by atoms with Gasteiger partial charge in [0.25, 0.3) is 5.91 Å². The summed E-state index contributed by atoms with van der Waals surface area (Å²) in [6, 6.07) is 18.2. The number of carboxylic acids is 1. The Balaban J connectivity index is 0.000000705. The first-order valence-electron chi connectivity index (χ1n) is 16.8. The Hall–Kier alpha value is -5.41. The molecule has 282 valence electrons. The standard InChI is InChI=1S/C35H35F4N5O2.C2HF3O2/c36-28-12-6-11-26(20-28)21-31-34(46)42(17-5-4-10-25-8-2-1-3-9-25)23-32-43(18-7-16-41-19-15-40-24-41)30-14-13-27(35(37,38)39)22-29(30)33(45)44(31)32;3-2(4,5)1(6)7/h1-3,6,8-9,11-15,19-20,22,24,31-32H,4-5,7,10,16-18,21,23H2;(H,6,7)/t31-,32?;/m0./s1. The number of aromatic nitrogens is 2. The number of hydrogen-bond donors (Lipinski definition) is 1. The van der Waals surface area contributed by atoms with Crippen molar-refractivity contribution in [3.05, 3.63) is 120 Å². The van der Waals surface area contributed by atoms with Crippen molar-refractivity contribution in [1.29, 1.82) is 0 Å². The zero-order valence-electron chi connectivity index (χ0n) is 28.2. The number of halogens is 7. The molecule has 2 amide bonds. The fourth-order valence-corrected chi connectivity index (χ4v) is 6.53. The van der Waals surface area contributed by atoms with Crippen LogP contribution in [0.2, 0.25) is 0 Å². The molecule has 0 radical (unpaired) electrons. The quantitative estimate of drug-likeness (QED) is 0.134. The first-order chi connectivity index (χ1) is 25.1. The lowest BCUT2D eigenvalue weighted by Gasteiger charge is -2.53. The molecule has 0 saturated carbocycles. The summed E-state index contributed by atoms with van der Waals surface area (Å²) >= 11 is 0. The molecule has 1 unspecified atom stereocenters. The Morgan fingerprint density at radius 1 is 0.849 bits per heavy atom. The number of amides is 2. The van der Waals surface area contributed by atoms with Crippen molar-refractivity contribution in [3.63, 3.8) is 0 Å². The van der Waals surface area contributed by atoms with E-state index in [1.165, 1.54) is 28.7 Å². The minimum atomic E-state index is -5.08. The first-order valence-corrected chi connectivity index (χ1v) is 16.8. The third kappa shape index (κ3) is 9.73. The highest BCUT2D eigenvalue weighted by atomic mass is 19.4. The molecule has 0 aliphatic carbocycles. The summed E-state index contributed by atoms with van der Waals surface area (Å²) in [5.41, 5.74) is 1.12. The molecule has 6 rings (SSSR count). The number of fused-ring (bicyclic) bond motifs is 2. The lowest BCUT2D eigenvalue weighted by molar-refractivity contribution is -0.192. The Morgan fingerprint density at radius 2 is 1.57 bits per heavy atom. The molecule has 2 aliphatic heterocycles. The Kier molecular flexibility index (Phi) is 12.1. The van der Waals surface area contributed by atoms with E-state index in [-0.39, 0.29) is 24.4 Å². The van der Waals surface area contributed by atoms with Crippen molar-refractivity contribution in [1.82, 2.24) is 19.4 Å². The van der Waals surface area contributed by atoms with Crippen LogP contribution < -0.4 is 4.90 Å². The molecule has 0 spiro atoms. The number of anilines is 1. The van der Waals surface area contributed by atoms with Gasteiger partial charge in [0.1, 0.15) is 18.0 Å². The molecule has 1 aromatic heterocycles. The minimum Gasteiger partial charge on any atom is -0.475 e. The van der Waals surface area contributed by atoms with E-state index >= 15 is 0 Å². The first kappa shape index (κ1) is 38.8. The highest BCUT2D eigenvalue weighted by molar-refractivity contribution is 6.05. The van der Waals surface area contributed by atoms with E-state index in [2.05, 4.69) is 17.1 Å². The van der Waals surface area contributed by atoms with Crippen LogP contribution in [-0.4, -0.2) is 80.3 Å². The molecular formula is C37H36F7N5O4. The number of carboxylic acid groups (broad SMARTS) is 1. The summed E-state index contributed by atoms with van der Waals surface area (Å²) < 4.78 is 89.3. The molecule has 53 heavy (non-hydrogen) atoms. The van der Waals surface area contributed by atoms with Crippen molar-refractivity contribution in [2.45, 2.75) is 63.2 Å². The fourth-order valence-electron chi connectivity index (χ4n) is 6.53. The number of piperazine rings is 1. The molecule has 2 aliphatic rings. The monoisotopic (exact) mass is 747 g/mol. The topological polar surface area (TPSA) is 99.0 Å². The normalized spacial score (nSPS) is 17.2. The molecule has 1 N–H and O–H groups in total. The maximum atomic E-state index is 14.2. The van der Waals surface area contributed by atoms with Gasteiger partial charge in [-0.2, -0.15) is 26.3 Å². The van der Waals surface area contributed by atoms with Gasteiger partial charge in [0.05, 0.1) is 29.7 Å². The lowest BCUT2D eigenvalue weighted by atomic mass is 9.94. The number of nitrogens with zero attached hydrogens (tertiary/aromatic N) is 5. The molecule has 16 heteroatoms. The molecule has 3 aromatic carbocycles. The fraction of sp³-hybridized carbons (Fsp3) is 0.351. The van der Waals surface area contributed by atoms with Crippen LogP contribution >= 0.6 is 0 Å². The van der Waals surface area contributed by atoms with Gasteiger partial charge in [0.2, 0.25) is 5.91 Å². The molecule has 9 nitrogen and oxygen atoms in total. The molecule has 1 fully saturated rings. The van der Waals surface area contributed by atoms with Crippen molar-refractivity contribution >= 4 is 23.5 Å². The van der Waals surface area contributed by atoms with E-state index in [1.54, 1.807) is 29.6 Å². The SMILES string of the molecule is O=C(O)C(F)(F)F.O=C1[C@H](Cc2cccc(F)c2)N2C(=O)c3cc(C(F)(F)F)ccc3N(CCCn3ccnc3)C2CN1CCCCc1ccccc1. The second-order valence-electron chi connectivity index (χ2n) is 12.6. The van der Waals surface area contributed by atoms with E-state index in [4.69, 9.17) is 9.90 Å². The van der Waals surface area contributed by atoms with E-state index in [0.29, 0.717) is 37.3 Å². The smallest absolute Gasteiger partial charge is 0.475 e. The van der Waals surface area contributed by atoms with E-state index in [1.807, 2.05) is 33.9 Å². The van der Waals surface area contributed by atoms with Crippen LogP contribution in [0.15, 0.2) is 91.5 Å². The average molecular weight is 748 g/mol. The van der Waals surface area contributed by atoms with Gasteiger partial charge in [-0.05, 0) is 67.1 Å². The number of unbranched alkanes of at least 4 members (excludes halogenated alkanes) is 1. The summed E-state index contributed by atoms with van der Waals surface area (Å²) in [5.74, 6) is -4.15. The van der Waals surface area contributed by atoms with E-state index in [9.17, 15) is 40.3 Å². The number of benzene rings is 3. The van der Waals surface area contributed by atoms with Crippen LogP contribution in [0.1, 0.15) is 46.3 Å². The Morgan fingerprint density at radius 3 is 2.21 bits per heavy atom. The van der Waals surface area contributed by atoms with E-state index in [0.717, 1.165) is 31.4 Å². The molecule has 4 aromatic rings. The van der Waals surface area contributed by atoms with Crippen LogP contribution in [0.5, 0.6) is 0 Å². The summed E-state index contributed by atoms with van der Waals surface area (Å²) in [7, 11) is 0. The van der Waals surface area contributed by atoms with Gasteiger partial charge in [-0.3, -0.25) is 9.59 Å². The van der Waals surface area contributed by atoms with Crippen LogP contribution in [0, 0.1) is 5.82 Å². The second-order valence-corrected chi connectivity index (χ2v) is 12.6. The summed E-state index contributed by atoms with van der Waals surface area (Å²) in [6.45, 7) is 1.71. The van der Waals surface area contributed by atoms with Gasteiger partial charge >= 0.3 is 18.3 Å². The maximum Gasteiger partial charge on any atom is 0.490 e. The lowest BCUT2D eigenvalue weighted by Crippen LogP contribution is -2.70. The largest absolute Gasteiger partial charge is 0.490 e. The van der Waals surface area contributed by atoms with Gasteiger partial charge in [0.15, 0.2) is 0 Å². The third-order valence-electron chi connectivity index (χ3n) is 9.02. The Bertz CT molecular complexity index is 1870. The van der Waals surface area contributed by atoms with E-state index < -0.39 is 47.8 Å². The minimum absolute atomic E-state index is 0.0382. The third-order valence-corrected chi connectivity index (χ3v) is 9.02. The molecule has 3 heterocycles. The molecule has 2 atom stereocenters. The van der Waals surface area contributed by atoms with Crippen LogP contribution in [0.4, 0.5) is 36.4 Å². The van der Waals surface area contributed by atoms with Crippen LogP contribution in [0.3, 0.4) is 0 Å². The number of hydrogen-bond acceptors (Lipinski definition) is 5. The average Bonchev–Trinajstić information content (AvgIpc) is 3.63. The predicted octanol–water partition coefficient (Wildman–Crippen LogP) is 6.83. The van der Waals surface area contributed by atoms with Gasteiger partial charge in [-0.15, -0.1) is 0 Å². The summed E-state index contributed by atoms with van der Waals surface area (Å²) in [6.07, 6.45) is -2.02. The van der Waals surface area contributed by atoms with Crippen molar-refractivity contribution in [2.75, 3.05) is 24.5 Å². The van der Waals surface area contributed by atoms with Gasteiger partial charge in [-0.1, -0.05) is 42.5 Å². The van der Waals surface area contributed by atoms with Gasteiger partial charge in [-0.25, -0.2) is 14.2 Å². The maximum absolute atomic E-state index is 14.2. The van der Waals surface area contributed by atoms with Crippen molar-refractivity contribution in [2.24, 2.45) is 0 Å². The highest BCUT2D eigenvalue weighted by Gasteiger charge is 2.49. The summed E-state index contributed by atoms with van der Waals surface area (Å²) in [5, 5.41) is 7.12. The molecule has 1 saturated heterocycles. The molecular weight excluding hydrogens is 711 g/mol. The number of aliphatic carboxylic acids is 1. The number of alkyl halides is 6. The number of carbonyl (C=O) groups excluding carboxylic acids is 2. The zero-order chi connectivity index (χ0) is 38.3. The zero-order valence-corrected chi connectivity index (χ0v) is 28.2. The number of aryl methyl sites for hydroxylation is 2. The molecule has 0 bridgehead atoms. The van der Waals surface area contributed by atoms with Crippen LogP contribution in [0.25, 0.3) is 0 Å².